The molecule has 0 radical (unpaired) electrons. The quantitative estimate of drug-likeness (QED) is 0.916. The average molecular weight is 257 g/mol. The first-order valence-electron chi connectivity index (χ1n) is 5.72. The van der Waals surface area contributed by atoms with Gasteiger partial charge in [0.05, 0.1) is 17.7 Å². The zero-order valence-corrected chi connectivity index (χ0v) is 11.0. The summed E-state index contributed by atoms with van der Waals surface area (Å²) in [4.78, 5) is 3.40. The van der Waals surface area contributed by atoms with Crippen LogP contribution in [0, 0.1) is 11.3 Å². The first-order valence-corrected chi connectivity index (χ1v) is 6.60. The molecule has 0 aliphatic carbocycles. The predicted octanol–water partition coefficient (Wildman–Crippen LogP) is 2.76. The van der Waals surface area contributed by atoms with Crippen LogP contribution in [0.2, 0.25) is 0 Å². The molecule has 92 valence electrons. The van der Waals surface area contributed by atoms with E-state index in [1.165, 1.54) is 4.88 Å². The lowest BCUT2D eigenvalue weighted by Crippen LogP contribution is -2.29. The predicted molar refractivity (Wildman–Crippen MR) is 75.7 cm³/mol. The van der Waals surface area contributed by atoms with E-state index in [9.17, 15) is 0 Å². The second-order valence-electron chi connectivity index (χ2n) is 4.04. The molecule has 2 aromatic rings. The van der Waals surface area contributed by atoms with Gasteiger partial charge in [0, 0.05) is 24.2 Å². The summed E-state index contributed by atoms with van der Waals surface area (Å²) in [5.74, 6) is 0. The number of hydrogen-bond acceptors (Lipinski definition) is 4. The molecule has 1 aromatic heterocycles. The van der Waals surface area contributed by atoms with Crippen LogP contribution in [0.1, 0.15) is 16.5 Å². The van der Waals surface area contributed by atoms with E-state index >= 15 is 0 Å². The molecule has 3 nitrogen and oxygen atoms in total. The molecule has 0 amide bonds. The number of benzene rings is 1. The molecule has 0 saturated carbocycles. The summed E-state index contributed by atoms with van der Waals surface area (Å²) in [7, 11) is 2.03. The molecule has 0 bridgehead atoms. The van der Waals surface area contributed by atoms with Crippen molar-refractivity contribution in [2.45, 2.75) is 6.04 Å². The first-order chi connectivity index (χ1) is 8.76. The summed E-state index contributed by atoms with van der Waals surface area (Å²) in [5, 5.41) is 10.9. The summed E-state index contributed by atoms with van der Waals surface area (Å²) < 4.78 is 0. The summed E-state index contributed by atoms with van der Waals surface area (Å²) in [6.45, 7) is 0.566. The third kappa shape index (κ3) is 2.53. The van der Waals surface area contributed by atoms with Crippen molar-refractivity contribution in [2.24, 2.45) is 5.73 Å². The van der Waals surface area contributed by atoms with Gasteiger partial charge in [-0.05, 0) is 35.7 Å². The fourth-order valence-corrected chi connectivity index (χ4v) is 2.78. The second kappa shape index (κ2) is 5.67. The van der Waals surface area contributed by atoms with Gasteiger partial charge in [-0.2, -0.15) is 5.26 Å². The highest BCUT2D eigenvalue weighted by molar-refractivity contribution is 7.10. The van der Waals surface area contributed by atoms with E-state index in [-0.39, 0.29) is 6.04 Å². The van der Waals surface area contributed by atoms with E-state index in [1.807, 2.05) is 37.4 Å². The lowest BCUT2D eigenvalue weighted by molar-refractivity contribution is 0.692. The van der Waals surface area contributed by atoms with Crippen LogP contribution < -0.4 is 10.6 Å². The van der Waals surface area contributed by atoms with Crippen molar-refractivity contribution in [2.75, 3.05) is 18.5 Å². The van der Waals surface area contributed by atoms with Gasteiger partial charge in [-0.25, -0.2) is 0 Å². The Bertz CT molecular complexity index is 525. The smallest absolute Gasteiger partial charge is 0.0991 e. The lowest BCUT2D eigenvalue weighted by atomic mass is 10.1. The normalized spacial score (nSPS) is 11.8. The Kier molecular flexibility index (Phi) is 3.98. The Hall–Kier alpha value is -1.83. The monoisotopic (exact) mass is 257 g/mol. The van der Waals surface area contributed by atoms with Crippen molar-refractivity contribution >= 4 is 17.0 Å². The van der Waals surface area contributed by atoms with Crippen LogP contribution in [0.3, 0.4) is 0 Å². The number of likely N-dealkylation sites (N-methyl/N-ethyl adjacent to an activating group) is 1. The topological polar surface area (TPSA) is 53.0 Å². The highest BCUT2D eigenvalue weighted by Crippen LogP contribution is 2.27. The van der Waals surface area contributed by atoms with Crippen LogP contribution in [0.4, 0.5) is 5.69 Å². The van der Waals surface area contributed by atoms with Crippen molar-refractivity contribution in [1.82, 2.24) is 0 Å². The first kappa shape index (κ1) is 12.6. The van der Waals surface area contributed by atoms with Crippen LogP contribution in [-0.2, 0) is 0 Å². The van der Waals surface area contributed by atoms with Gasteiger partial charge in [0.1, 0.15) is 0 Å². The van der Waals surface area contributed by atoms with Crippen molar-refractivity contribution in [3.8, 4) is 6.07 Å². The fourth-order valence-electron chi connectivity index (χ4n) is 1.90. The maximum absolute atomic E-state index is 8.79. The standard InChI is InChI=1S/C14H15N3S/c1-17(12-6-4-11(9-15)5-7-12)13(10-16)14-3-2-8-18-14/h2-8,13H,10,16H2,1H3. The minimum Gasteiger partial charge on any atom is -0.365 e. The lowest BCUT2D eigenvalue weighted by Gasteiger charge is -2.28. The molecule has 2 N–H and O–H groups in total. The second-order valence-corrected chi connectivity index (χ2v) is 5.02. The average Bonchev–Trinajstić information content (AvgIpc) is 2.93. The van der Waals surface area contributed by atoms with E-state index in [0.717, 1.165) is 5.69 Å². The molecule has 0 saturated heterocycles. The van der Waals surface area contributed by atoms with Gasteiger partial charge in [-0.15, -0.1) is 11.3 Å². The number of nitriles is 1. The van der Waals surface area contributed by atoms with Gasteiger partial charge in [0.25, 0.3) is 0 Å². The minimum atomic E-state index is 0.179. The van der Waals surface area contributed by atoms with Gasteiger partial charge >= 0.3 is 0 Å². The fraction of sp³-hybridized carbons (Fsp3) is 0.214. The Morgan fingerprint density at radius 3 is 2.56 bits per heavy atom. The molecule has 0 spiro atoms. The molecule has 1 unspecified atom stereocenters. The number of nitrogens with zero attached hydrogens (tertiary/aromatic N) is 2. The molecule has 2 rings (SSSR count). The molecule has 0 aliphatic heterocycles. The highest BCUT2D eigenvalue weighted by Gasteiger charge is 2.16. The van der Waals surface area contributed by atoms with Crippen molar-refractivity contribution in [3.63, 3.8) is 0 Å². The van der Waals surface area contributed by atoms with Crippen LogP contribution in [-0.4, -0.2) is 13.6 Å². The van der Waals surface area contributed by atoms with Crippen LogP contribution in [0.15, 0.2) is 41.8 Å². The summed E-state index contributed by atoms with van der Waals surface area (Å²) >= 11 is 1.71. The zero-order chi connectivity index (χ0) is 13.0. The highest BCUT2D eigenvalue weighted by atomic mass is 32.1. The maximum Gasteiger partial charge on any atom is 0.0991 e. The number of hydrogen-bond donors (Lipinski definition) is 1. The van der Waals surface area contributed by atoms with Gasteiger partial charge in [0.2, 0.25) is 0 Å². The molecule has 1 atom stereocenters. The molecular formula is C14H15N3S. The molecule has 18 heavy (non-hydrogen) atoms. The minimum absolute atomic E-state index is 0.179. The third-order valence-electron chi connectivity index (χ3n) is 2.97. The van der Waals surface area contributed by atoms with E-state index in [1.54, 1.807) is 11.3 Å². The summed E-state index contributed by atoms with van der Waals surface area (Å²) in [6, 6.07) is 14.0. The van der Waals surface area contributed by atoms with E-state index in [0.29, 0.717) is 12.1 Å². The molecule has 0 fully saturated rings. The molecule has 1 heterocycles. The number of thiophene rings is 1. The number of anilines is 1. The maximum atomic E-state index is 8.79. The summed E-state index contributed by atoms with van der Waals surface area (Å²) in [6.07, 6.45) is 0. The molecule has 1 aromatic carbocycles. The number of rotatable bonds is 4. The van der Waals surface area contributed by atoms with E-state index in [2.05, 4.69) is 22.4 Å². The largest absolute Gasteiger partial charge is 0.365 e. The number of nitrogens with two attached hydrogens (primary N) is 1. The van der Waals surface area contributed by atoms with Gasteiger partial charge in [-0.1, -0.05) is 6.07 Å². The third-order valence-corrected chi connectivity index (χ3v) is 3.94. The van der Waals surface area contributed by atoms with E-state index in [4.69, 9.17) is 11.0 Å². The zero-order valence-electron chi connectivity index (χ0n) is 10.2. The Morgan fingerprint density at radius 2 is 2.06 bits per heavy atom. The SMILES string of the molecule is CN(c1ccc(C#N)cc1)C(CN)c1cccs1. The van der Waals surface area contributed by atoms with Gasteiger partial charge in [0.15, 0.2) is 0 Å². The van der Waals surface area contributed by atoms with Crippen molar-refractivity contribution in [3.05, 3.63) is 52.2 Å². The Balaban J connectivity index is 2.23. The molecule has 4 heteroatoms. The van der Waals surface area contributed by atoms with Gasteiger partial charge in [-0.3, -0.25) is 0 Å². The van der Waals surface area contributed by atoms with Crippen LogP contribution in [0.5, 0.6) is 0 Å². The van der Waals surface area contributed by atoms with Gasteiger partial charge < -0.3 is 10.6 Å². The Labute approximate surface area is 111 Å². The molecule has 0 aliphatic rings. The summed E-state index contributed by atoms with van der Waals surface area (Å²) in [5.41, 5.74) is 7.61. The van der Waals surface area contributed by atoms with E-state index < -0.39 is 0 Å². The van der Waals surface area contributed by atoms with Crippen molar-refractivity contribution in [1.29, 1.82) is 5.26 Å². The van der Waals surface area contributed by atoms with Crippen LogP contribution in [0.25, 0.3) is 0 Å². The van der Waals surface area contributed by atoms with Crippen molar-refractivity contribution < 1.29 is 0 Å². The molecular weight excluding hydrogens is 242 g/mol. The Morgan fingerprint density at radius 1 is 1.33 bits per heavy atom. The van der Waals surface area contributed by atoms with Crippen LogP contribution >= 0.6 is 11.3 Å².